The zero-order chi connectivity index (χ0) is 19.1. The fraction of sp³-hybridized carbons (Fsp3) is 0.600. The third-order valence-corrected chi connectivity index (χ3v) is 8.03. The number of nitrogens with one attached hydrogen (secondary N) is 1. The van der Waals surface area contributed by atoms with Crippen LogP contribution in [0.3, 0.4) is 0 Å². The maximum atomic E-state index is 12.0. The van der Waals surface area contributed by atoms with Crippen molar-refractivity contribution in [3.05, 3.63) is 29.8 Å². The molecule has 0 radical (unpaired) electrons. The Hall–Kier alpha value is -1.34. The molecule has 2 fully saturated rings. The third kappa shape index (κ3) is 6.07. The van der Waals surface area contributed by atoms with E-state index in [0.717, 1.165) is 36.3 Å². The van der Waals surface area contributed by atoms with Crippen LogP contribution in [0.2, 0.25) is 0 Å². The summed E-state index contributed by atoms with van der Waals surface area (Å²) in [6.07, 6.45) is 4.49. The van der Waals surface area contributed by atoms with E-state index < -0.39 is 5.97 Å². The van der Waals surface area contributed by atoms with Crippen molar-refractivity contribution in [2.75, 3.05) is 24.7 Å². The number of hydrogen-bond acceptors (Lipinski definition) is 6. The van der Waals surface area contributed by atoms with E-state index in [4.69, 9.17) is 9.47 Å². The van der Waals surface area contributed by atoms with Gasteiger partial charge in [-0.05, 0) is 24.8 Å². The summed E-state index contributed by atoms with van der Waals surface area (Å²) in [7, 11) is 0. The molecule has 1 aliphatic carbocycles. The number of thioether (sulfide) groups is 2. The molecule has 1 aromatic rings. The number of carbonyl (C=O) groups excluding carboxylic acids is 2. The predicted molar refractivity (Wildman–Crippen MR) is 110 cm³/mol. The number of esters is 1. The fourth-order valence-corrected chi connectivity index (χ4v) is 6.36. The topological polar surface area (TPSA) is 64.6 Å². The predicted octanol–water partition coefficient (Wildman–Crippen LogP) is 3.78. The maximum Gasteiger partial charge on any atom is 0.344 e. The van der Waals surface area contributed by atoms with Crippen molar-refractivity contribution in [3.63, 3.8) is 0 Å². The lowest BCUT2D eigenvalue weighted by atomic mass is 9.86. The first kappa shape index (κ1) is 20.4. The summed E-state index contributed by atoms with van der Waals surface area (Å²) in [4.78, 5) is 24.0. The second-order valence-electron chi connectivity index (χ2n) is 7.00. The number of ether oxygens (including phenoxy) is 2. The zero-order valence-electron chi connectivity index (χ0n) is 15.6. The maximum absolute atomic E-state index is 12.0. The van der Waals surface area contributed by atoms with E-state index in [0.29, 0.717) is 16.2 Å². The first-order valence-electron chi connectivity index (χ1n) is 9.53. The molecular weight excluding hydrogens is 382 g/mol. The average Bonchev–Trinajstić information content (AvgIpc) is 3.21. The number of rotatable bonds is 7. The summed E-state index contributed by atoms with van der Waals surface area (Å²) in [5, 5.41) is 2.98. The van der Waals surface area contributed by atoms with Gasteiger partial charge in [0.05, 0.1) is 4.58 Å². The van der Waals surface area contributed by atoms with Gasteiger partial charge in [-0.3, -0.25) is 4.79 Å². The molecule has 27 heavy (non-hydrogen) atoms. The van der Waals surface area contributed by atoms with Crippen LogP contribution in [0.5, 0.6) is 5.75 Å². The van der Waals surface area contributed by atoms with E-state index in [1.165, 1.54) is 6.42 Å². The van der Waals surface area contributed by atoms with Crippen LogP contribution in [-0.2, 0) is 14.3 Å². The minimum Gasteiger partial charge on any atom is -0.482 e. The largest absolute Gasteiger partial charge is 0.482 e. The van der Waals surface area contributed by atoms with E-state index >= 15 is 0 Å². The van der Waals surface area contributed by atoms with Gasteiger partial charge in [-0.2, -0.15) is 0 Å². The van der Waals surface area contributed by atoms with Crippen LogP contribution in [0, 0.1) is 5.92 Å². The highest BCUT2D eigenvalue weighted by Crippen LogP contribution is 2.48. The van der Waals surface area contributed by atoms with Crippen molar-refractivity contribution < 1.29 is 19.1 Å². The molecule has 1 aliphatic heterocycles. The molecule has 1 saturated heterocycles. The number of benzene rings is 1. The van der Waals surface area contributed by atoms with Gasteiger partial charge in [0, 0.05) is 23.1 Å². The van der Waals surface area contributed by atoms with E-state index in [-0.39, 0.29) is 25.2 Å². The summed E-state index contributed by atoms with van der Waals surface area (Å²) in [6, 6.07) is 7.98. The van der Waals surface area contributed by atoms with Crippen LogP contribution in [0.4, 0.5) is 0 Å². The monoisotopic (exact) mass is 409 g/mol. The fourth-order valence-electron chi connectivity index (χ4n) is 3.45. The summed E-state index contributed by atoms with van der Waals surface area (Å²) in [5.74, 6) is 2.68. The molecule has 1 saturated carbocycles. The molecule has 148 valence electrons. The molecule has 2 aliphatic rings. The molecule has 0 aromatic heterocycles. The first-order chi connectivity index (χ1) is 13.1. The van der Waals surface area contributed by atoms with Crippen LogP contribution in [-0.4, -0.2) is 42.6 Å². The van der Waals surface area contributed by atoms with Crippen LogP contribution in [0.25, 0.3) is 0 Å². The van der Waals surface area contributed by atoms with Gasteiger partial charge in [0.15, 0.2) is 13.2 Å². The second-order valence-corrected chi connectivity index (χ2v) is 9.72. The van der Waals surface area contributed by atoms with Crippen molar-refractivity contribution in [3.8, 4) is 5.75 Å². The summed E-state index contributed by atoms with van der Waals surface area (Å²) >= 11 is 3.78. The van der Waals surface area contributed by atoms with Gasteiger partial charge in [-0.1, -0.05) is 38.0 Å². The normalized spacial score (nSPS) is 23.0. The Kier molecular flexibility index (Phi) is 7.76. The summed E-state index contributed by atoms with van der Waals surface area (Å²) in [5.41, 5.74) is 1.10. The van der Waals surface area contributed by atoms with Gasteiger partial charge in [-0.25, -0.2) is 4.79 Å². The molecule has 1 amide bonds. The Morgan fingerprint density at radius 1 is 1.11 bits per heavy atom. The molecule has 3 rings (SSSR count). The van der Waals surface area contributed by atoms with Crippen LogP contribution in [0.15, 0.2) is 24.3 Å². The minimum atomic E-state index is -0.525. The van der Waals surface area contributed by atoms with E-state index in [1.54, 1.807) is 0 Å². The number of hydrogen-bond donors (Lipinski definition) is 1. The third-order valence-electron chi connectivity index (χ3n) is 4.96. The lowest BCUT2D eigenvalue weighted by Gasteiger charge is -2.29. The van der Waals surface area contributed by atoms with E-state index in [9.17, 15) is 9.59 Å². The number of para-hydroxylation sites is 1. The molecule has 7 heteroatoms. The Morgan fingerprint density at radius 3 is 2.63 bits per heavy atom. The van der Waals surface area contributed by atoms with Crippen LogP contribution < -0.4 is 10.1 Å². The Balaban J connectivity index is 1.41. The minimum absolute atomic E-state index is 0.188. The average molecular weight is 410 g/mol. The van der Waals surface area contributed by atoms with Crippen molar-refractivity contribution >= 4 is 35.4 Å². The molecule has 1 aromatic carbocycles. The summed E-state index contributed by atoms with van der Waals surface area (Å²) < 4.78 is 11.1. The Bertz CT molecular complexity index is 649. The van der Waals surface area contributed by atoms with Crippen molar-refractivity contribution in [2.24, 2.45) is 5.92 Å². The van der Waals surface area contributed by atoms with Crippen molar-refractivity contribution in [1.82, 2.24) is 5.32 Å². The molecule has 0 unspecified atom stereocenters. The summed E-state index contributed by atoms with van der Waals surface area (Å²) in [6.45, 7) is 1.72. The van der Waals surface area contributed by atoms with Gasteiger partial charge in [0.25, 0.3) is 5.91 Å². The molecular formula is C20H27NO4S2. The molecule has 5 nitrogen and oxygen atoms in total. The van der Waals surface area contributed by atoms with Gasteiger partial charge in [0.1, 0.15) is 5.75 Å². The lowest BCUT2D eigenvalue weighted by Crippen LogP contribution is -2.43. The zero-order valence-corrected chi connectivity index (χ0v) is 17.3. The van der Waals surface area contributed by atoms with E-state index in [2.05, 4.69) is 12.2 Å². The van der Waals surface area contributed by atoms with Gasteiger partial charge >= 0.3 is 5.97 Å². The Labute approximate surface area is 169 Å². The van der Waals surface area contributed by atoms with Crippen molar-refractivity contribution in [1.29, 1.82) is 0 Å². The Morgan fingerprint density at radius 2 is 1.85 bits per heavy atom. The first-order valence-corrected chi connectivity index (χ1v) is 11.6. The molecule has 0 spiro atoms. The van der Waals surface area contributed by atoms with Crippen molar-refractivity contribution in [2.45, 2.75) is 43.2 Å². The molecule has 1 heterocycles. The number of amides is 1. The van der Waals surface area contributed by atoms with Gasteiger partial charge < -0.3 is 14.8 Å². The quantitative estimate of drug-likeness (QED) is 0.692. The highest BCUT2D eigenvalue weighted by Gasteiger charge is 2.24. The molecule has 2 atom stereocenters. The highest BCUT2D eigenvalue weighted by atomic mass is 32.2. The van der Waals surface area contributed by atoms with Crippen LogP contribution in [0.1, 0.15) is 42.8 Å². The highest BCUT2D eigenvalue weighted by molar-refractivity contribution is 8.19. The number of carbonyl (C=O) groups is 2. The van der Waals surface area contributed by atoms with Gasteiger partial charge in [0.2, 0.25) is 0 Å². The lowest BCUT2D eigenvalue weighted by molar-refractivity contribution is -0.150. The van der Waals surface area contributed by atoms with E-state index in [1.807, 2.05) is 47.8 Å². The molecule has 1 N–H and O–H groups in total. The van der Waals surface area contributed by atoms with Crippen LogP contribution >= 0.6 is 23.5 Å². The van der Waals surface area contributed by atoms with Gasteiger partial charge in [-0.15, -0.1) is 23.5 Å². The molecule has 0 bridgehead atoms. The standard InChI is InChI=1S/C20H27NO4S2/c1-14-6-2-4-8-16(14)21-18(22)12-25-19(23)13-24-17-9-5-3-7-15(17)20-26-10-11-27-20/h3,5,7,9,14,16,20H,2,4,6,8,10-13H2,1H3,(H,21,22)/t14-,16-/m1/s1. The second kappa shape index (κ2) is 10.3. The SMILES string of the molecule is C[C@@H]1CCCC[C@H]1NC(=O)COC(=O)COc1ccccc1C1SCCS1. The smallest absolute Gasteiger partial charge is 0.344 e.